The van der Waals surface area contributed by atoms with Gasteiger partial charge in [0.25, 0.3) is 11.4 Å². The molecule has 0 aliphatic carbocycles. The minimum atomic E-state index is -3.11. The summed E-state index contributed by atoms with van der Waals surface area (Å²) in [4.78, 5) is 20.1. The van der Waals surface area contributed by atoms with Gasteiger partial charge in [0.05, 0.1) is 27.4 Å². The summed E-state index contributed by atoms with van der Waals surface area (Å²) in [6.07, 6.45) is 0.358. The van der Waals surface area contributed by atoms with Crippen molar-refractivity contribution in [1.82, 2.24) is 0 Å². The van der Waals surface area contributed by atoms with E-state index in [9.17, 15) is 28.6 Å². The molecule has 1 heterocycles. The maximum absolute atomic E-state index is 11.3. The molecule has 0 saturated carbocycles. The molecule has 2 rings (SSSR count). The maximum atomic E-state index is 11.3. The van der Waals surface area contributed by atoms with Crippen LogP contribution < -0.4 is 5.32 Å². The molecule has 108 valence electrons. The summed E-state index contributed by atoms with van der Waals surface area (Å²) in [5, 5.41) is 24.3. The Kier molecular flexibility index (Phi) is 3.57. The van der Waals surface area contributed by atoms with Crippen LogP contribution in [-0.4, -0.2) is 35.8 Å². The van der Waals surface area contributed by atoms with E-state index in [4.69, 9.17) is 0 Å². The quantitative estimate of drug-likeness (QED) is 0.650. The molecule has 1 aromatic rings. The van der Waals surface area contributed by atoms with Crippen molar-refractivity contribution in [2.45, 2.75) is 12.5 Å². The third kappa shape index (κ3) is 3.02. The predicted molar refractivity (Wildman–Crippen MR) is 70.4 cm³/mol. The van der Waals surface area contributed by atoms with Crippen LogP contribution >= 0.6 is 0 Å². The summed E-state index contributed by atoms with van der Waals surface area (Å²) >= 11 is 0. The van der Waals surface area contributed by atoms with Crippen molar-refractivity contribution in [1.29, 1.82) is 0 Å². The van der Waals surface area contributed by atoms with Crippen LogP contribution in [0, 0.1) is 20.2 Å². The van der Waals surface area contributed by atoms with Gasteiger partial charge in [-0.15, -0.1) is 0 Å². The zero-order chi connectivity index (χ0) is 14.9. The highest BCUT2D eigenvalue weighted by Gasteiger charge is 2.29. The Labute approximate surface area is 113 Å². The molecule has 1 atom stereocenters. The lowest BCUT2D eigenvalue weighted by atomic mass is 10.2. The fourth-order valence-corrected chi connectivity index (χ4v) is 3.71. The van der Waals surface area contributed by atoms with E-state index in [1.165, 1.54) is 6.07 Å². The molecule has 0 aromatic heterocycles. The van der Waals surface area contributed by atoms with Gasteiger partial charge in [-0.25, -0.2) is 8.42 Å². The smallest absolute Gasteiger partial charge is 0.299 e. The molecule has 1 N–H and O–H groups in total. The van der Waals surface area contributed by atoms with Crippen molar-refractivity contribution in [3.63, 3.8) is 0 Å². The van der Waals surface area contributed by atoms with E-state index >= 15 is 0 Å². The topological polar surface area (TPSA) is 132 Å². The molecular formula is C10H11N3O6S. The first-order chi connectivity index (χ1) is 9.28. The average molecular weight is 301 g/mol. The highest BCUT2D eigenvalue weighted by molar-refractivity contribution is 7.91. The molecule has 0 spiro atoms. The largest absolute Gasteiger partial charge is 0.376 e. The lowest BCUT2D eigenvalue weighted by Gasteiger charge is -2.12. The number of nitrogens with zero attached hydrogens (tertiary/aromatic N) is 2. The fraction of sp³-hybridized carbons (Fsp3) is 0.400. The lowest BCUT2D eigenvalue weighted by Crippen LogP contribution is -2.21. The average Bonchev–Trinajstić information content (AvgIpc) is 2.68. The van der Waals surface area contributed by atoms with Crippen LogP contribution in [-0.2, 0) is 9.84 Å². The van der Waals surface area contributed by atoms with Crippen LogP contribution in [0.2, 0.25) is 0 Å². The zero-order valence-electron chi connectivity index (χ0n) is 10.2. The molecule has 10 heteroatoms. The lowest BCUT2D eigenvalue weighted by molar-refractivity contribution is -0.393. The number of benzene rings is 1. The van der Waals surface area contributed by atoms with E-state index in [0.717, 1.165) is 12.1 Å². The molecule has 1 aromatic carbocycles. The minimum Gasteiger partial charge on any atom is -0.376 e. The minimum absolute atomic E-state index is 0.0332. The van der Waals surface area contributed by atoms with Gasteiger partial charge in [0.2, 0.25) is 0 Å². The molecule has 1 aliphatic heterocycles. The number of nitro groups is 2. The molecule has 1 saturated heterocycles. The van der Waals surface area contributed by atoms with Crippen LogP contribution in [0.5, 0.6) is 0 Å². The van der Waals surface area contributed by atoms with Gasteiger partial charge in [-0.3, -0.25) is 20.2 Å². The van der Waals surface area contributed by atoms with E-state index in [2.05, 4.69) is 5.32 Å². The summed E-state index contributed by atoms with van der Waals surface area (Å²) in [6, 6.07) is 2.80. The van der Waals surface area contributed by atoms with Crippen LogP contribution in [0.3, 0.4) is 0 Å². The van der Waals surface area contributed by atoms with E-state index in [-0.39, 0.29) is 22.9 Å². The monoisotopic (exact) mass is 301 g/mol. The number of sulfone groups is 1. The molecule has 1 aliphatic rings. The molecule has 1 fully saturated rings. The van der Waals surface area contributed by atoms with Crippen molar-refractivity contribution in [3.8, 4) is 0 Å². The first-order valence-corrected chi connectivity index (χ1v) is 7.50. The Hall–Kier alpha value is -2.23. The van der Waals surface area contributed by atoms with Crippen molar-refractivity contribution in [2.24, 2.45) is 0 Å². The normalized spacial score (nSPS) is 20.5. The van der Waals surface area contributed by atoms with Gasteiger partial charge < -0.3 is 5.32 Å². The Bertz CT molecular complexity index is 672. The standard InChI is InChI=1S/C10H11N3O6S/c14-12(15)8-1-2-9(10(5-8)13(16)17)11-7-3-4-20(18,19)6-7/h1-2,5,7,11H,3-4,6H2/t7-/m0/s1. The molecule has 0 bridgehead atoms. The number of rotatable bonds is 4. The number of non-ortho nitro benzene ring substituents is 1. The van der Waals surface area contributed by atoms with E-state index in [1.54, 1.807) is 0 Å². The molecule has 9 nitrogen and oxygen atoms in total. The molecule has 20 heavy (non-hydrogen) atoms. The van der Waals surface area contributed by atoms with Gasteiger partial charge in [0, 0.05) is 12.1 Å². The first-order valence-electron chi connectivity index (χ1n) is 5.68. The maximum Gasteiger partial charge on any atom is 0.299 e. The van der Waals surface area contributed by atoms with Gasteiger partial charge in [-0.2, -0.15) is 0 Å². The van der Waals surface area contributed by atoms with Gasteiger partial charge in [0.15, 0.2) is 9.84 Å². The van der Waals surface area contributed by atoms with Crippen molar-refractivity contribution in [3.05, 3.63) is 38.4 Å². The van der Waals surface area contributed by atoms with E-state index in [1.807, 2.05) is 0 Å². The second kappa shape index (κ2) is 5.04. The van der Waals surface area contributed by atoms with E-state index in [0.29, 0.717) is 6.42 Å². The molecule has 0 unspecified atom stereocenters. The Morgan fingerprint density at radius 2 is 1.90 bits per heavy atom. The Balaban J connectivity index is 2.28. The van der Waals surface area contributed by atoms with Crippen LogP contribution in [0.25, 0.3) is 0 Å². The van der Waals surface area contributed by atoms with Gasteiger partial charge in [-0.1, -0.05) is 0 Å². The van der Waals surface area contributed by atoms with E-state index < -0.39 is 31.4 Å². The predicted octanol–water partition coefficient (Wildman–Crippen LogP) is 1.10. The molecule has 0 amide bonds. The van der Waals surface area contributed by atoms with Crippen LogP contribution in [0.15, 0.2) is 18.2 Å². The number of nitro benzene ring substituents is 2. The summed E-state index contributed by atoms with van der Waals surface area (Å²) < 4.78 is 22.7. The van der Waals surface area contributed by atoms with Crippen molar-refractivity contribution >= 4 is 26.9 Å². The highest BCUT2D eigenvalue weighted by atomic mass is 32.2. The summed E-state index contributed by atoms with van der Waals surface area (Å²) in [5.74, 6) is -0.0629. The van der Waals surface area contributed by atoms with Gasteiger partial charge >= 0.3 is 0 Å². The third-order valence-corrected chi connectivity index (χ3v) is 4.75. The number of hydrogen-bond acceptors (Lipinski definition) is 7. The second-order valence-electron chi connectivity index (χ2n) is 4.46. The number of anilines is 1. The van der Waals surface area contributed by atoms with Crippen LogP contribution in [0.4, 0.5) is 17.1 Å². The van der Waals surface area contributed by atoms with Crippen molar-refractivity contribution < 1.29 is 18.3 Å². The summed E-state index contributed by atoms with van der Waals surface area (Å²) in [6.45, 7) is 0. The first kappa shape index (κ1) is 14.2. The highest BCUT2D eigenvalue weighted by Crippen LogP contribution is 2.30. The third-order valence-electron chi connectivity index (χ3n) is 2.98. The van der Waals surface area contributed by atoms with Gasteiger partial charge in [0.1, 0.15) is 5.69 Å². The number of hydrogen-bond donors (Lipinski definition) is 1. The SMILES string of the molecule is O=[N+]([O-])c1ccc(N[C@H]2CCS(=O)(=O)C2)c([N+](=O)[O-])c1. The summed E-state index contributed by atoms with van der Waals surface area (Å²) in [7, 11) is -3.11. The van der Waals surface area contributed by atoms with Crippen LogP contribution in [0.1, 0.15) is 6.42 Å². The summed E-state index contributed by atoms with van der Waals surface area (Å²) in [5.41, 5.74) is -0.743. The Morgan fingerprint density at radius 3 is 2.40 bits per heavy atom. The van der Waals surface area contributed by atoms with Crippen molar-refractivity contribution in [2.75, 3.05) is 16.8 Å². The zero-order valence-corrected chi connectivity index (χ0v) is 11.0. The number of nitrogens with one attached hydrogen (secondary N) is 1. The second-order valence-corrected chi connectivity index (χ2v) is 6.69. The molecule has 0 radical (unpaired) electrons. The molecular weight excluding hydrogens is 290 g/mol. The Morgan fingerprint density at radius 1 is 1.20 bits per heavy atom. The fourth-order valence-electron chi connectivity index (χ4n) is 2.04. The van der Waals surface area contributed by atoms with Gasteiger partial charge in [-0.05, 0) is 12.5 Å².